The molecule has 4 aliphatic rings. The van der Waals surface area contributed by atoms with Crippen LogP contribution in [0.15, 0.2) is 0 Å². The van der Waals surface area contributed by atoms with Crippen molar-refractivity contribution in [3.63, 3.8) is 0 Å². The Bertz CT molecular complexity index is 398. The van der Waals surface area contributed by atoms with Gasteiger partial charge in [-0.25, -0.2) is 0 Å². The molecule has 4 fully saturated rings. The van der Waals surface area contributed by atoms with E-state index >= 15 is 0 Å². The molecule has 1 aliphatic heterocycles. The van der Waals surface area contributed by atoms with Crippen LogP contribution in [0.25, 0.3) is 0 Å². The molecule has 108 valence electrons. The minimum absolute atomic E-state index is 0.0160. The Balaban J connectivity index is 1.68. The number of hydrogen-bond acceptors (Lipinski definition) is 1. The molecule has 5 heteroatoms. The second-order valence-corrected chi connectivity index (χ2v) is 7.08. The first kappa shape index (κ1) is 13.3. The zero-order valence-electron chi connectivity index (χ0n) is 11.4. The van der Waals surface area contributed by atoms with Gasteiger partial charge in [0.2, 0.25) is 5.91 Å². The first-order valence-corrected chi connectivity index (χ1v) is 7.07. The molecule has 2 nitrogen and oxygen atoms in total. The number of carbonyl (C=O) groups is 1. The molecular formula is C14H20F3NO. The normalized spacial score (nSPS) is 45.4. The van der Waals surface area contributed by atoms with Crippen LogP contribution in [0.4, 0.5) is 13.2 Å². The third kappa shape index (κ3) is 1.66. The zero-order chi connectivity index (χ0) is 14.1. The van der Waals surface area contributed by atoms with E-state index in [4.69, 9.17) is 0 Å². The van der Waals surface area contributed by atoms with E-state index in [2.05, 4.69) is 6.92 Å². The largest absolute Gasteiger partial charge is 0.394 e. The van der Waals surface area contributed by atoms with Gasteiger partial charge >= 0.3 is 6.18 Å². The summed E-state index contributed by atoms with van der Waals surface area (Å²) in [7, 11) is 0. The summed E-state index contributed by atoms with van der Waals surface area (Å²) in [5.74, 6) is 0.446. The zero-order valence-corrected chi connectivity index (χ0v) is 11.4. The third-order valence-corrected chi connectivity index (χ3v) is 5.46. The number of carbonyl (C=O) groups excluding carboxylic acids is 1. The number of alkyl halides is 3. The second kappa shape index (κ2) is 3.67. The Labute approximate surface area is 111 Å². The average Bonchev–Trinajstić information content (AvgIpc) is 2.15. The molecule has 4 rings (SSSR count). The van der Waals surface area contributed by atoms with E-state index in [1.807, 2.05) is 11.8 Å². The monoisotopic (exact) mass is 275 g/mol. The van der Waals surface area contributed by atoms with Gasteiger partial charge < -0.3 is 4.90 Å². The molecule has 0 aromatic carbocycles. The molecule has 0 aromatic heterocycles. The fraction of sp³-hybridized carbons (Fsp3) is 0.929. The lowest BCUT2D eigenvalue weighted by Crippen LogP contribution is -2.73. The van der Waals surface area contributed by atoms with Crippen LogP contribution in [-0.2, 0) is 4.79 Å². The van der Waals surface area contributed by atoms with Crippen molar-refractivity contribution in [3.05, 3.63) is 0 Å². The van der Waals surface area contributed by atoms with Crippen LogP contribution < -0.4 is 0 Å². The minimum atomic E-state index is -4.13. The van der Waals surface area contributed by atoms with Crippen LogP contribution in [0.5, 0.6) is 0 Å². The van der Waals surface area contributed by atoms with Crippen molar-refractivity contribution in [3.8, 4) is 0 Å². The van der Waals surface area contributed by atoms with E-state index in [0.717, 1.165) is 12.8 Å². The van der Waals surface area contributed by atoms with Gasteiger partial charge in [0.05, 0.1) is 10.8 Å². The summed E-state index contributed by atoms with van der Waals surface area (Å²) >= 11 is 0. The summed E-state index contributed by atoms with van der Waals surface area (Å²) in [6, 6.07) is 0.180. The van der Waals surface area contributed by atoms with E-state index < -0.39 is 17.0 Å². The van der Waals surface area contributed by atoms with Crippen LogP contribution in [0.2, 0.25) is 0 Å². The van der Waals surface area contributed by atoms with Crippen LogP contribution >= 0.6 is 0 Å². The molecular weight excluding hydrogens is 255 g/mol. The Hall–Kier alpha value is -0.740. The first-order valence-electron chi connectivity index (χ1n) is 7.07. The van der Waals surface area contributed by atoms with E-state index in [1.54, 1.807) is 0 Å². The fourth-order valence-corrected chi connectivity index (χ4v) is 4.19. The van der Waals surface area contributed by atoms with E-state index in [-0.39, 0.29) is 31.2 Å². The highest BCUT2D eigenvalue weighted by atomic mass is 19.4. The van der Waals surface area contributed by atoms with Crippen LogP contribution in [-0.4, -0.2) is 29.6 Å². The predicted molar refractivity (Wildman–Crippen MR) is 64.3 cm³/mol. The van der Waals surface area contributed by atoms with Gasteiger partial charge in [-0.2, -0.15) is 13.2 Å². The number of halogens is 3. The molecule has 0 spiro atoms. The maximum atomic E-state index is 12.8. The topological polar surface area (TPSA) is 20.3 Å². The molecule has 0 aromatic rings. The molecule has 3 aliphatic carbocycles. The van der Waals surface area contributed by atoms with Gasteiger partial charge in [0.1, 0.15) is 0 Å². The Morgan fingerprint density at radius 2 is 1.74 bits per heavy atom. The maximum Gasteiger partial charge on any atom is 0.394 e. The van der Waals surface area contributed by atoms with Crippen LogP contribution in [0.1, 0.15) is 46.0 Å². The highest BCUT2D eigenvalue weighted by Crippen LogP contribution is 2.78. The highest BCUT2D eigenvalue weighted by molar-refractivity contribution is 5.87. The molecule has 0 N–H and O–H groups in total. The lowest BCUT2D eigenvalue weighted by Gasteiger charge is -2.70. The van der Waals surface area contributed by atoms with Crippen molar-refractivity contribution in [1.82, 2.24) is 4.90 Å². The fourth-order valence-electron chi connectivity index (χ4n) is 4.19. The Morgan fingerprint density at radius 1 is 1.16 bits per heavy atom. The molecule has 19 heavy (non-hydrogen) atoms. The quantitative estimate of drug-likeness (QED) is 0.718. The summed E-state index contributed by atoms with van der Waals surface area (Å²) in [6.07, 6.45) is -1.98. The van der Waals surface area contributed by atoms with Crippen LogP contribution in [0, 0.1) is 16.7 Å². The molecule has 0 unspecified atom stereocenters. The second-order valence-electron chi connectivity index (χ2n) is 7.08. The summed E-state index contributed by atoms with van der Waals surface area (Å²) in [4.78, 5) is 14.4. The number of piperidine rings is 1. The number of rotatable bonds is 1. The molecule has 0 radical (unpaired) electrons. The summed E-state index contributed by atoms with van der Waals surface area (Å²) in [6.45, 7) is 4.82. The Morgan fingerprint density at radius 3 is 2.26 bits per heavy atom. The molecule has 2 atom stereocenters. The SMILES string of the molecule is C[C@@H]1CC[C@@H](C)N(C(=O)C23CC(C(F)(F)F)(C2)C3)C1. The number of likely N-dealkylation sites (tertiary alicyclic amines) is 1. The van der Waals surface area contributed by atoms with E-state index in [1.165, 1.54) is 0 Å². The number of amides is 1. The maximum absolute atomic E-state index is 12.8. The third-order valence-electron chi connectivity index (χ3n) is 5.46. The van der Waals surface area contributed by atoms with Gasteiger partial charge in [0, 0.05) is 12.6 Å². The predicted octanol–water partition coefficient (Wildman–Crippen LogP) is 3.37. The van der Waals surface area contributed by atoms with Gasteiger partial charge in [-0.05, 0) is 44.9 Å². The van der Waals surface area contributed by atoms with Gasteiger partial charge in [0.25, 0.3) is 0 Å². The van der Waals surface area contributed by atoms with Crippen molar-refractivity contribution in [2.75, 3.05) is 6.54 Å². The summed E-state index contributed by atoms with van der Waals surface area (Å²) in [5.41, 5.74) is -2.19. The van der Waals surface area contributed by atoms with Gasteiger partial charge in [-0.1, -0.05) is 6.92 Å². The van der Waals surface area contributed by atoms with Crippen molar-refractivity contribution in [2.24, 2.45) is 16.7 Å². The summed E-state index contributed by atoms with van der Waals surface area (Å²) in [5, 5.41) is 0. The average molecular weight is 275 g/mol. The van der Waals surface area contributed by atoms with Gasteiger partial charge in [-0.15, -0.1) is 0 Å². The van der Waals surface area contributed by atoms with E-state index in [0.29, 0.717) is 12.5 Å². The lowest BCUT2D eigenvalue weighted by atomic mass is 9.34. The van der Waals surface area contributed by atoms with Crippen molar-refractivity contribution in [1.29, 1.82) is 0 Å². The summed E-state index contributed by atoms with van der Waals surface area (Å²) < 4.78 is 38.4. The minimum Gasteiger partial charge on any atom is -0.339 e. The molecule has 1 heterocycles. The Kier molecular flexibility index (Phi) is 2.56. The van der Waals surface area contributed by atoms with Crippen molar-refractivity contribution >= 4 is 5.91 Å². The van der Waals surface area contributed by atoms with Crippen molar-refractivity contribution < 1.29 is 18.0 Å². The van der Waals surface area contributed by atoms with E-state index in [9.17, 15) is 18.0 Å². The molecule has 1 amide bonds. The lowest BCUT2D eigenvalue weighted by molar-refractivity contribution is -0.353. The molecule has 3 saturated carbocycles. The van der Waals surface area contributed by atoms with Gasteiger partial charge in [-0.3, -0.25) is 4.79 Å². The number of hydrogen-bond donors (Lipinski definition) is 0. The standard InChI is InChI=1S/C14H20F3NO/c1-9-3-4-10(2)18(5-9)11(19)12-6-13(7-12,8-12)14(15,16)17/h9-10H,3-8H2,1-2H3/t9-,10-,12?,13?/m1/s1. The molecule has 2 bridgehead atoms. The van der Waals surface area contributed by atoms with Crippen LogP contribution in [0.3, 0.4) is 0 Å². The molecule has 1 saturated heterocycles. The van der Waals surface area contributed by atoms with Gasteiger partial charge in [0.15, 0.2) is 0 Å². The smallest absolute Gasteiger partial charge is 0.339 e. The van der Waals surface area contributed by atoms with Crippen molar-refractivity contribution in [2.45, 2.75) is 58.2 Å². The highest BCUT2D eigenvalue weighted by Gasteiger charge is 2.81. The number of nitrogens with zero attached hydrogens (tertiary/aromatic N) is 1. The first-order chi connectivity index (χ1) is 8.69.